The molecular weight excluding hydrogens is 486 g/mol. The predicted molar refractivity (Wildman–Crippen MR) is 119 cm³/mol. The van der Waals surface area contributed by atoms with Crippen molar-refractivity contribution < 1.29 is 27.9 Å². The Kier molecular flexibility index (Phi) is 8.48. The number of alkyl halides is 3. The second kappa shape index (κ2) is 10.9. The quantitative estimate of drug-likeness (QED) is 0.441. The molecule has 1 fully saturated rings. The Morgan fingerprint density at radius 3 is 2.61 bits per heavy atom. The number of urea groups is 1. The first-order valence-corrected chi connectivity index (χ1v) is 10.8. The predicted octanol–water partition coefficient (Wildman–Crippen LogP) is 2.96. The lowest BCUT2D eigenvalue weighted by Gasteiger charge is -2.40. The summed E-state index contributed by atoms with van der Waals surface area (Å²) in [5.74, 6) is 0. The number of piperazine rings is 1. The molecule has 33 heavy (non-hydrogen) atoms. The normalized spacial score (nSPS) is 20.6. The summed E-state index contributed by atoms with van der Waals surface area (Å²) < 4.78 is 39.1. The van der Waals surface area contributed by atoms with Crippen molar-refractivity contribution in [2.75, 3.05) is 45.2 Å². The number of anilines is 1. The van der Waals surface area contributed by atoms with Crippen molar-refractivity contribution in [1.82, 2.24) is 20.6 Å². The fourth-order valence-corrected chi connectivity index (χ4v) is 4.02. The molecule has 13 heteroatoms. The first kappa shape index (κ1) is 25.6. The number of hydrogen-bond donors (Lipinski definition) is 4. The van der Waals surface area contributed by atoms with Crippen molar-refractivity contribution in [3.8, 4) is 0 Å². The fraction of sp³-hybridized carbons (Fsp3) is 0.450. The molecule has 2 amide bonds. The van der Waals surface area contributed by atoms with Gasteiger partial charge in [-0.15, -0.1) is 0 Å². The molecule has 0 bridgehead atoms. The molecule has 0 radical (unpaired) electrons. The van der Waals surface area contributed by atoms with Gasteiger partial charge in [-0.05, 0) is 29.8 Å². The highest BCUT2D eigenvalue weighted by atomic mass is 35.5. The number of hydrogen-bond acceptors (Lipinski definition) is 6. The van der Waals surface area contributed by atoms with Crippen LogP contribution in [0.25, 0.3) is 0 Å². The van der Waals surface area contributed by atoms with Crippen LogP contribution in [0, 0.1) is 0 Å². The highest BCUT2D eigenvalue weighted by Gasteiger charge is 2.34. The molecule has 0 aliphatic carbocycles. The van der Waals surface area contributed by atoms with Crippen LogP contribution in [0.1, 0.15) is 5.56 Å². The molecule has 0 aromatic heterocycles. The smallest absolute Gasteiger partial charge is 0.386 e. The van der Waals surface area contributed by atoms with E-state index in [9.17, 15) is 23.1 Å². The first-order valence-electron chi connectivity index (χ1n) is 10.1. The summed E-state index contributed by atoms with van der Waals surface area (Å²) in [6.45, 7) is 1.73. The minimum absolute atomic E-state index is 0.0116. The Balaban J connectivity index is 1.54. The summed E-state index contributed by atoms with van der Waals surface area (Å²) in [5, 5.41) is 15.8. The van der Waals surface area contributed by atoms with Gasteiger partial charge in [0.2, 0.25) is 0 Å². The Morgan fingerprint density at radius 1 is 1.30 bits per heavy atom. The minimum atomic E-state index is -4.62. The van der Waals surface area contributed by atoms with E-state index in [4.69, 9.17) is 28.0 Å². The Hall–Kier alpha value is -2.02. The molecule has 0 saturated carbocycles. The van der Waals surface area contributed by atoms with Crippen LogP contribution in [0.5, 0.6) is 0 Å². The van der Waals surface area contributed by atoms with Crippen molar-refractivity contribution in [3.63, 3.8) is 0 Å². The molecule has 182 valence electrons. The van der Waals surface area contributed by atoms with Crippen molar-refractivity contribution in [2.24, 2.45) is 0 Å². The zero-order chi connectivity index (χ0) is 24.2. The summed E-state index contributed by atoms with van der Waals surface area (Å²) in [4.78, 5) is 21.1. The Labute approximate surface area is 198 Å². The number of nitrogens with zero attached hydrogens (tertiary/aromatic N) is 2. The van der Waals surface area contributed by atoms with Gasteiger partial charge >= 0.3 is 12.2 Å². The third kappa shape index (κ3) is 6.52. The Morgan fingerprint density at radius 2 is 2.00 bits per heavy atom. The van der Waals surface area contributed by atoms with Crippen molar-refractivity contribution in [1.29, 1.82) is 0 Å². The average Bonchev–Trinajstić information content (AvgIpc) is 2.78. The molecule has 2 aliphatic rings. The van der Waals surface area contributed by atoms with Gasteiger partial charge in [-0.1, -0.05) is 23.2 Å². The lowest BCUT2D eigenvalue weighted by Crippen LogP contribution is -2.56. The van der Waals surface area contributed by atoms with Crippen molar-refractivity contribution in [2.45, 2.75) is 18.4 Å². The van der Waals surface area contributed by atoms with Gasteiger partial charge in [-0.3, -0.25) is 9.74 Å². The molecule has 1 unspecified atom stereocenters. The van der Waals surface area contributed by atoms with Gasteiger partial charge in [0.05, 0.1) is 22.2 Å². The topological polar surface area (TPSA) is 89.1 Å². The van der Waals surface area contributed by atoms with Crippen LogP contribution in [-0.4, -0.2) is 73.0 Å². The third-order valence-electron chi connectivity index (χ3n) is 5.23. The number of nitrogens with one attached hydrogen (secondary N) is 3. The number of carbonyl (C=O) groups excluding carboxylic acids is 1. The second-order valence-electron chi connectivity index (χ2n) is 7.42. The molecule has 1 aromatic carbocycles. The first-order chi connectivity index (χ1) is 15.6. The molecule has 2 aliphatic heterocycles. The maximum Gasteiger partial charge on any atom is 0.417 e. The molecule has 2 heterocycles. The van der Waals surface area contributed by atoms with Gasteiger partial charge in [-0.2, -0.15) is 13.2 Å². The summed E-state index contributed by atoms with van der Waals surface area (Å²) in [6, 6.07) is 2.73. The van der Waals surface area contributed by atoms with E-state index in [0.717, 1.165) is 12.1 Å². The summed E-state index contributed by atoms with van der Waals surface area (Å²) in [6.07, 6.45) is -2.45. The minimum Gasteiger partial charge on any atom is -0.386 e. The number of benzene rings is 1. The summed E-state index contributed by atoms with van der Waals surface area (Å²) in [5.41, 5.74) is 2.07. The SMILES string of the molecule is CNOC[C@@H](O)C1=CNC(N2CCN(C(=O)Nc3ccc(Cl)c(C(F)(F)F)c3)CC2)C(Cl)=C1. The number of amides is 2. The molecule has 8 nitrogen and oxygen atoms in total. The number of hydroxylamine groups is 1. The van der Waals surface area contributed by atoms with Crippen LogP contribution in [0.4, 0.5) is 23.7 Å². The molecule has 3 rings (SSSR count). The number of rotatable bonds is 6. The highest BCUT2D eigenvalue weighted by molar-refractivity contribution is 6.31. The lowest BCUT2D eigenvalue weighted by molar-refractivity contribution is -0.137. The van der Waals surface area contributed by atoms with Crippen LogP contribution in [0.3, 0.4) is 0 Å². The number of aliphatic hydroxyl groups excluding tert-OH is 1. The molecule has 1 aromatic rings. The standard InChI is InChI=1S/C20H24Cl2F3N5O3/c1-26-33-11-17(31)12-8-16(22)18(27-10-12)29-4-6-30(7-5-29)19(32)28-13-2-3-15(21)14(9-13)20(23,24)25/h2-3,8-10,17-18,26-27,31H,4-7,11H2,1H3,(H,28,32)/t17-,18?/m1/s1. The van der Waals surface area contributed by atoms with Gasteiger partial charge in [-0.25, -0.2) is 10.3 Å². The van der Waals surface area contributed by atoms with E-state index in [1.54, 1.807) is 19.3 Å². The highest BCUT2D eigenvalue weighted by Crippen LogP contribution is 2.36. The number of halogens is 5. The van der Waals surface area contributed by atoms with E-state index in [0.29, 0.717) is 36.8 Å². The van der Waals surface area contributed by atoms with Gasteiger partial charge in [0.15, 0.2) is 0 Å². The molecule has 4 N–H and O–H groups in total. The third-order valence-corrected chi connectivity index (χ3v) is 5.88. The molecule has 1 saturated heterocycles. The van der Waals surface area contributed by atoms with Gasteiger partial charge in [0, 0.05) is 45.1 Å². The zero-order valence-corrected chi connectivity index (χ0v) is 19.1. The number of aliphatic hydroxyl groups is 1. The van der Waals surface area contributed by atoms with Crippen molar-refractivity contribution in [3.05, 3.63) is 51.7 Å². The van der Waals surface area contributed by atoms with Crippen molar-refractivity contribution >= 4 is 34.9 Å². The molecule has 2 atom stereocenters. The average molecular weight is 510 g/mol. The number of carbonyl (C=O) groups is 1. The van der Waals surface area contributed by atoms with Crippen LogP contribution in [-0.2, 0) is 11.0 Å². The maximum absolute atomic E-state index is 13.0. The number of dihydropyridines is 1. The largest absolute Gasteiger partial charge is 0.417 e. The van der Waals surface area contributed by atoms with Crippen LogP contribution in [0.15, 0.2) is 41.1 Å². The van der Waals surface area contributed by atoms with E-state index < -0.39 is 28.9 Å². The van der Waals surface area contributed by atoms with Crippen LogP contribution < -0.4 is 16.1 Å². The second-order valence-corrected chi connectivity index (χ2v) is 8.26. The van der Waals surface area contributed by atoms with Gasteiger partial charge in [0.25, 0.3) is 0 Å². The Bertz CT molecular complexity index is 921. The van der Waals surface area contributed by atoms with Gasteiger partial charge < -0.3 is 20.6 Å². The van der Waals surface area contributed by atoms with E-state index in [1.165, 1.54) is 11.0 Å². The summed E-state index contributed by atoms with van der Waals surface area (Å²) >= 11 is 12.0. The maximum atomic E-state index is 13.0. The van der Waals surface area contributed by atoms with E-state index in [1.807, 2.05) is 4.90 Å². The van der Waals surface area contributed by atoms with Crippen LogP contribution in [0.2, 0.25) is 5.02 Å². The van der Waals surface area contributed by atoms with Crippen LogP contribution >= 0.6 is 23.2 Å². The van der Waals surface area contributed by atoms with E-state index >= 15 is 0 Å². The fourth-order valence-electron chi connectivity index (χ4n) is 3.47. The molecule has 0 spiro atoms. The monoisotopic (exact) mass is 509 g/mol. The lowest BCUT2D eigenvalue weighted by atomic mass is 10.1. The summed E-state index contributed by atoms with van der Waals surface area (Å²) in [7, 11) is 1.59. The van der Waals surface area contributed by atoms with Gasteiger partial charge in [0.1, 0.15) is 12.3 Å². The zero-order valence-electron chi connectivity index (χ0n) is 17.6. The van der Waals surface area contributed by atoms with E-state index in [2.05, 4.69) is 16.1 Å². The molecular formula is C20H24Cl2F3N5O3. The van der Waals surface area contributed by atoms with E-state index in [-0.39, 0.29) is 18.5 Å².